The molecule has 1 saturated carbocycles. The highest BCUT2D eigenvalue weighted by molar-refractivity contribution is 5.89. The van der Waals surface area contributed by atoms with Gasteiger partial charge in [0.2, 0.25) is 5.91 Å². The third-order valence-electron chi connectivity index (χ3n) is 4.00. The Morgan fingerprint density at radius 2 is 1.79 bits per heavy atom. The van der Waals surface area contributed by atoms with Crippen LogP contribution in [0.3, 0.4) is 0 Å². The number of aryl methyl sites for hydroxylation is 1. The fourth-order valence-corrected chi connectivity index (χ4v) is 3.01. The molecule has 0 radical (unpaired) electrons. The number of rotatable bonds is 5. The number of benzene rings is 1. The average Bonchev–Trinajstić information content (AvgIpc) is 2.99. The lowest BCUT2D eigenvalue weighted by Gasteiger charge is -2.14. The van der Waals surface area contributed by atoms with Crippen LogP contribution >= 0.6 is 0 Å². The first-order valence-corrected chi connectivity index (χ1v) is 8.35. The molecule has 1 heterocycles. The summed E-state index contributed by atoms with van der Waals surface area (Å²) in [5.74, 6) is 2.23. The molecule has 3 N–H and O–H groups in total. The summed E-state index contributed by atoms with van der Waals surface area (Å²) >= 11 is 0. The number of carbonyl (C=O) groups is 1. The Hall–Kier alpha value is -2.63. The number of nitrogens with one attached hydrogen (secondary N) is 3. The Kier molecular flexibility index (Phi) is 4.93. The maximum Gasteiger partial charge on any atom is 0.221 e. The Morgan fingerprint density at radius 3 is 2.54 bits per heavy atom. The molecule has 1 amide bonds. The van der Waals surface area contributed by atoms with Crippen molar-refractivity contribution in [1.82, 2.24) is 9.97 Å². The lowest BCUT2D eigenvalue weighted by Crippen LogP contribution is -2.16. The number of aromatic nitrogens is 2. The minimum absolute atomic E-state index is 0.0897. The van der Waals surface area contributed by atoms with Crippen LogP contribution in [0.15, 0.2) is 30.3 Å². The number of carbonyl (C=O) groups excluding carboxylic acids is 1. The summed E-state index contributed by atoms with van der Waals surface area (Å²) in [5.41, 5.74) is 1.62. The second-order valence-electron chi connectivity index (χ2n) is 6.20. The van der Waals surface area contributed by atoms with Gasteiger partial charge in [0, 0.05) is 30.4 Å². The minimum atomic E-state index is -0.0897. The van der Waals surface area contributed by atoms with E-state index in [-0.39, 0.29) is 5.91 Å². The first kappa shape index (κ1) is 16.2. The number of anilines is 4. The molecule has 0 saturated heterocycles. The summed E-state index contributed by atoms with van der Waals surface area (Å²) in [6, 6.07) is 9.99. The van der Waals surface area contributed by atoms with E-state index in [1.165, 1.54) is 32.6 Å². The molecule has 6 heteroatoms. The van der Waals surface area contributed by atoms with Gasteiger partial charge in [-0.15, -0.1) is 0 Å². The van der Waals surface area contributed by atoms with Crippen molar-refractivity contribution in [3.63, 3.8) is 0 Å². The maximum atomic E-state index is 11.2. The molecule has 1 aromatic carbocycles. The standard InChI is InChI=1S/C18H23N5O/c1-12-19-17(22-14-6-3-4-7-14)11-18(20-12)23-16-9-5-8-15(10-16)21-13(2)24/h5,8-11,14H,3-4,6-7H2,1-2H3,(H,21,24)(H2,19,20,22,23). The van der Waals surface area contributed by atoms with Crippen molar-refractivity contribution in [2.75, 3.05) is 16.0 Å². The zero-order chi connectivity index (χ0) is 16.9. The quantitative estimate of drug-likeness (QED) is 0.778. The smallest absolute Gasteiger partial charge is 0.221 e. The van der Waals surface area contributed by atoms with Gasteiger partial charge in [-0.3, -0.25) is 4.79 Å². The predicted octanol–water partition coefficient (Wildman–Crippen LogP) is 3.84. The van der Waals surface area contributed by atoms with Crippen LogP contribution in [0.4, 0.5) is 23.0 Å². The maximum absolute atomic E-state index is 11.2. The Morgan fingerprint density at radius 1 is 1.08 bits per heavy atom. The highest BCUT2D eigenvalue weighted by Crippen LogP contribution is 2.24. The van der Waals surface area contributed by atoms with Gasteiger partial charge < -0.3 is 16.0 Å². The molecule has 126 valence electrons. The molecule has 3 rings (SSSR count). The van der Waals surface area contributed by atoms with Crippen LogP contribution in [0.25, 0.3) is 0 Å². The topological polar surface area (TPSA) is 78.9 Å². The summed E-state index contributed by atoms with van der Waals surface area (Å²) < 4.78 is 0. The van der Waals surface area contributed by atoms with Crippen molar-refractivity contribution in [2.24, 2.45) is 0 Å². The van der Waals surface area contributed by atoms with Crippen LogP contribution in [0.5, 0.6) is 0 Å². The van der Waals surface area contributed by atoms with E-state index in [9.17, 15) is 4.79 Å². The fraction of sp³-hybridized carbons (Fsp3) is 0.389. The van der Waals surface area contributed by atoms with Gasteiger partial charge in [-0.2, -0.15) is 0 Å². The molecule has 0 atom stereocenters. The van der Waals surface area contributed by atoms with Gasteiger partial charge in [-0.25, -0.2) is 9.97 Å². The number of hydrogen-bond donors (Lipinski definition) is 3. The monoisotopic (exact) mass is 325 g/mol. The minimum Gasteiger partial charge on any atom is -0.367 e. The molecule has 1 aliphatic carbocycles. The van der Waals surface area contributed by atoms with Gasteiger partial charge >= 0.3 is 0 Å². The first-order valence-electron chi connectivity index (χ1n) is 8.35. The third-order valence-corrected chi connectivity index (χ3v) is 4.00. The van der Waals surface area contributed by atoms with E-state index in [0.29, 0.717) is 6.04 Å². The predicted molar refractivity (Wildman–Crippen MR) is 96.7 cm³/mol. The lowest BCUT2D eigenvalue weighted by molar-refractivity contribution is -0.114. The highest BCUT2D eigenvalue weighted by Gasteiger charge is 2.15. The molecular weight excluding hydrogens is 302 g/mol. The van der Waals surface area contributed by atoms with E-state index in [4.69, 9.17) is 0 Å². The second-order valence-corrected chi connectivity index (χ2v) is 6.20. The van der Waals surface area contributed by atoms with Crippen LogP contribution in [0.1, 0.15) is 38.4 Å². The summed E-state index contributed by atoms with van der Waals surface area (Å²) in [6.07, 6.45) is 4.96. The lowest BCUT2D eigenvalue weighted by atomic mass is 10.2. The molecule has 1 aliphatic rings. The summed E-state index contributed by atoms with van der Waals surface area (Å²) in [5, 5.41) is 9.56. The number of amides is 1. The molecule has 2 aromatic rings. The van der Waals surface area contributed by atoms with E-state index in [1.54, 1.807) is 0 Å². The van der Waals surface area contributed by atoms with E-state index in [2.05, 4.69) is 25.9 Å². The van der Waals surface area contributed by atoms with E-state index in [1.807, 2.05) is 37.3 Å². The van der Waals surface area contributed by atoms with Gasteiger partial charge in [-0.05, 0) is 38.0 Å². The van der Waals surface area contributed by atoms with Crippen LogP contribution in [-0.2, 0) is 4.79 Å². The van der Waals surface area contributed by atoms with Crippen LogP contribution < -0.4 is 16.0 Å². The van der Waals surface area contributed by atoms with Crippen molar-refractivity contribution in [2.45, 2.75) is 45.6 Å². The number of hydrogen-bond acceptors (Lipinski definition) is 5. The fourth-order valence-electron chi connectivity index (χ4n) is 3.01. The van der Waals surface area contributed by atoms with Gasteiger partial charge in [0.1, 0.15) is 17.5 Å². The summed E-state index contributed by atoms with van der Waals surface area (Å²) in [6.45, 7) is 3.38. The van der Waals surface area contributed by atoms with Gasteiger partial charge in [0.05, 0.1) is 0 Å². The molecule has 0 aliphatic heterocycles. The van der Waals surface area contributed by atoms with Gasteiger partial charge in [0.25, 0.3) is 0 Å². The second kappa shape index (κ2) is 7.29. The first-order chi connectivity index (χ1) is 11.6. The summed E-state index contributed by atoms with van der Waals surface area (Å²) in [4.78, 5) is 20.1. The Labute approximate surface area is 142 Å². The zero-order valence-electron chi connectivity index (χ0n) is 14.1. The van der Waals surface area contributed by atoms with E-state index >= 15 is 0 Å². The number of nitrogens with zero attached hydrogens (tertiary/aromatic N) is 2. The van der Waals surface area contributed by atoms with E-state index in [0.717, 1.165) is 28.8 Å². The Bertz CT molecular complexity index is 725. The molecule has 0 spiro atoms. The van der Waals surface area contributed by atoms with Crippen LogP contribution in [0, 0.1) is 6.92 Å². The largest absolute Gasteiger partial charge is 0.367 e. The van der Waals surface area contributed by atoms with Crippen LogP contribution in [0.2, 0.25) is 0 Å². The van der Waals surface area contributed by atoms with Crippen molar-refractivity contribution in [1.29, 1.82) is 0 Å². The third kappa shape index (κ3) is 4.44. The molecule has 1 aromatic heterocycles. The highest BCUT2D eigenvalue weighted by atomic mass is 16.1. The molecule has 1 fully saturated rings. The molecule has 0 unspecified atom stereocenters. The molecule has 24 heavy (non-hydrogen) atoms. The summed E-state index contributed by atoms with van der Waals surface area (Å²) in [7, 11) is 0. The van der Waals surface area contributed by atoms with Crippen molar-refractivity contribution >= 4 is 28.9 Å². The van der Waals surface area contributed by atoms with Crippen molar-refractivity contribution in [3.05, 3.63) is 36.2 Å². The molecular formula is C18H23N5O. The molecule has 0 bridgehead atoms. The Balaban J connectivity index is 1.74. The van der Waals surface area contributed by atoms with Gasteiger partial charge in [0.15, 0.2) is 0 Å². The van der Waals surface area contributed by atoms with Gasteiger partial charge in [-0.1, -0.05) is 18.9 Å². The SMILES string of the molecule is CC(=O)Nc1cccc(Nc2cc(NC3CCCC3)nc(C)n2)c1. The normalized spacial score (nSPS) is 14.4. The van der Waals surface area contributed by atoms with E-state index < -0.39 is 0 Å². The van der Waals surface area contributed by atoms with Crippen molar-refractivity contribution in [3.8, 4) is 0 Å². The average molecular weight is 325 g/mol. The molecule has 6 nitrogen and oxygen atoms in total. The van der Waals surface area contributed by atoms with Crippen molar-refractivity contribution < 1.29 is 4.79 Å². The van der Waals surface area contributed by atoms with Crippen LogP contribution in [-0.4, -0.2) is 21.9 Å². The zero-order valence-corrected chi connectivity index (χ0v) is 14.1.